The first-order chi connectivity index (χ1) is 24.6. The molecule has 0 aliphatic carbocycles. The Labute approximate surface area is 293 Å². The van der Waals surface area contributed by atoms with Gasteiger partial charge in [-0.05, 0) is 52.1 Å². The zero-order chi connectivity index (χ0) is 34.0. The van der Waals surface area contributed by atoms with Crippen molar-refractivity contribution in [3.8, 4) is 17.2 Å². The van der Waals surface area contributed by atoms with Crippen molar-refractivity contribution in [2.75, 3.05) is 13.9 Å². The molecule has 4 atom stereocenters. The number of benzene rings is 5. The summed E-state index contributed by atoms with van der Waals surface area (Å²) >= 11 is 0. The van der Waals surface area contributed by atoms with Crippen LogP contribution in [0.3, 0.4) is 0 Å². The van der Waals surface area contributed by atoms with E-state index in [-0.39, 0.29) is 25.1 Å². The Morgan fingerprint density at radius 1 is 0.660 bits per heavy atom. The second kappa shape index (κ2) is 16.3. The van der Waals surface area contributed by atoms with Crippen molar-refractivity contribution in [1.29, 1.82) is 0 Å². The summed E-state index contributed by atoms with van der Waals surface area (Å²) in [4.78, 5) is 11.2. The third kappa shape index (κ3) is 8.71. The van der Waals surface area contributed by atoms with Crippen LogP contribution in [0.25, 0.3) is 0 Å². The summed E-state index contributed by atoms with van der Waals surface area (Å²) in [6, 6.07) is 44.4. The van der Waals surface area contributed by atoms with Crippen LogP contribution < -0.4 is 14.2 Å². The second-order valence-electron chi connectivity index (χ2n) is 12.6. The van der Waals surface area contributed by atoms with Gasteiger partial charge in [-0.25, -0.2) is 4.89 Å². The van der Waals surface area contributed by atoms with Crippen LogP contribution in [0.15, 0.2) is 133 Å². The molecule has 5 aromatic carbocycles. The molecule has 2 fully saturated rings. The Hall–Kier alpha value is -4.70. The molecule has 2 aliphatic heterocycles. The molecular weight excluding hydrogens is 632 g/mol. The van der Waals surface area contributed by atoms with E-state index in [2.05, 4.69) is 36.4 Å². The van der Waals surface area contributed by atoms with E-state index in [9.17, 15) is 0 Å². The fourth-order valence-electron chi connectivity index (χ4n) is 6.38. The predicted molar refractivity (Wildman–Crippen MR) is 187 cm³/mol. The zero-order valence-corrected chi connectivity index (χ0v) is 28.1. The molecule has 2 heterocycles. The summed E-state index contributed by atoms with van der Waals surface area (Å²) < 4.78 is 37.6. The van der Waals surface area contributed by atoms with Crippen molar-refractivity contribution in [2.24, 2.45) is 0 Å². The fraction of sp³-hybridized carbons (Fsp3) is 0.286. The average molecular weight is 675 g/mol. The van der Waals surface area contributed by atoms with Crippen molar-refractivity contribution in [3.05, 3.63) is 161 Å². The lowest BCUT2D eigenvalue weighted by Gasteiger charge is -2.42. The van der Waals surface area contributed by atoms with Gasteiger partial charge in [0.05, 0.1) is 32.0 Å². The summed E-state index contributed by atoms with van der Waals surface area (Å²) in [7, 11) is 1.64. The first-order valence-electron chi connectivity index (χ1n) is 17.0. The number of hydrogen-bond donors (Lipinski definition) is 0. The molecule has 0 radical (unpaired) electrons. The summed E-state index contributed by atoms with van der Waals surface area (Å²) in [5.74, 6) is 1.10. The Morgan fingerprint density at radius 3 is 1.92 bits per heavy atom. The molecule has 2 saturated heterocycles. The Kier molecular flexibility index (Phi) is 11.0. The van der Waals surface area contributed by atoms with Crippen molar-refractivity contribution in [3.63, 3.8) is 0 Å². The van der Waals surface area contributed by atoms with E-state index in [0.29, 0.717) is 50.6 Å². The van der Waals surface area contributed by atoms with Gasteiger partial charge in [-0.3, -0.25) is 0 Å². The van der Waals surface area contributed by atoms with Gasteiger partial charge in [0.2, 0.25) is 5.79 Å². The normalized spacial score (nSPS) is 20.7. The highest BCUT2D eigenvalue weighted by Crippen LogP contribution is 2.45. The van der Waals surface area contributed by atoms with Gasteiger partial charge in [0, 0.05) is 19.3 Å². The maximum Gasteiger partial charge on any atom is 0.209 e. The van der Waals surface area contributed by atoms with Crippen LogP contribution in [0, 0.1) is 0 Å². The van der Waals surface area contributed by atoms with E-state index in [1.165, 1.54) is 0 Å². The monoisotopic (exact) mass is 674 g/mol. The van der Waals surface area contributed by atoms with Gasteiger partial charge < -0.3 is 28.4 Å². The molecule has 258 valence electrons. The number of rotatable bonds is 14. The molecule has 0 amide bonds. The highest BCUT2D eigenvalue weighted by Gasteiger charge is 2.50. The largest absolute Gasteiger partial charge is 0.493 e. The minimum absolute atomic E-state index is 0.0506. The summed E-state index contributed by atoms with van der Waals surface area (Å²) in [5.41, 5.74) is 5.29. The van der Waals surface area contributed by atoms with Gasteiger partial charge in [0.25, 0.3) is 0 Å². The Morgan fingerprint density at radius 2 is 1.30 bits per heavy atom. The molecule has 0 saturated carbocycles. The summed E-state index contributed by atoms with van der Waals surface area (Å²) in [6.07, 6.45) is 0.397. The fourth-order valence-corrected chi connectivity index (χ4v) is 6.38. The lowest BCUT2D eigenvalue weighted by atomic mass is 9.89. The highest BCUT2D eigenvalue weighted by molar-refractivity contribution is 5.44. The second-order valence-corrected chi connectivity index (χ2v) is 12.6. The number of methoxy groups -OCH3 is 1. The van der Waals surface area contributed by atoms with Gasteiger partial charge in [-0.1, -0.05) is 109 Å². The van der Waals surface area contributed by atoms with E-state index >= 15 is 0 Å². The third-order valence-electron chi connectivity index (χ3n) is 9.06. The molecule has 1 spiro atoms. The Bertz CT molecular complexity index is 1760. The van der Waals surface area contributed by atoms with E-state index < -0.39 is 5.79 Å². The summed E-state index contributed by atoms with van der Waals surface area (Å²) in [5, 5.41) is 0. The number of ether oxygens (including phenoxy) is 6. The van der Waals surface area contributed by atoms with Crippen LogP contribution in [0.4, 0.5) is 0 Å². The minimum atomic E-state index is -0.979. The van der Waals surface area contributed by atoms with Gasteiger partial charge >= 0.3 is 0 Å². The van der Waals surface area contributed by atoms with Crippen molar-refractivity contribution in [1.82, 2.24) is 0 Å². The molecule has 5 aromatic rings. The first kappa shape index (κ1) is 33.8. The van der Waals surface area contributed by atoms with Crippen molar-refractivity contribution >= 4 is 0 Å². The minimum Gasteiger partial charge on any atom is -0.493 e. The lowest BCUT2D eigenvalue weighted by molar-refractivity contribution is -0.353. The van der Waals surface area contributed by atoms with Gasteiger partial charge in [-0.2, -0.15) is 4.89 Å². The van der Waals surface area contributed by atoms with E-state index in [1.54, 1.807) is 7.11 Å². The SMILES string of the molecule is COc1cc([C@H]2CC3(C[C@@H]([C@H](Cc4ccc(OCc5ccccc5)cc4)OCc4ccccc4)O2)OCOO3)ccc1OCc1ccccc1. The van der Waals surface area contributed by atoms with Crippen molar-refractivity contribution < 1.29 is 38.2 Å². The van der Waals surface area contributed by atoms with E-state index in [1.807, 2.05) is 97.1 Å². The molecular formula is C42H42O8. The quantitative estimate of drug-likeness (QED) is 0.109. The van der Waals surface area contributed by atoms with Crippen LogP contribution in [-0.4, -0.2) is 31.9 Å². The molecule has 7 rings (SSSR count). The first-order valence-corrected chi connectivity index (χ1v) is 17.0. The molecule has 8 nitrogen and oxygen atoms in total. The van der Waals surface area contributed by atoms with Gasteiger partial charge in [0.15, 0.2) is 18.3 Å². The molecule has 50 heavy (non-hydrogen) atoms. The Balaban J connectivity index is 1.10. The summed E-state index contributed by atoms with van der Waals surface area (Å²) in [6.45, 7) is 1.42. The highest BCUT2D eigenvalue weighted by atomic mass is 17.3. The molecule has 0 bridgehead atoms. The van der Waals surface area contributed by atoms with Crippen LogP contribution in [0.5, 0.6) is 17.2 Å². The molecule has 0 N–H and O–H groups in total. The van der Waals surface area contributed by atoms with E-state index in [0.717, 1.165) is 33.6 Å². The molecule has 1 unspecified atom stereocenters. The topological polar surface area (TPSA) is 73.8 Å². The van der Waals surface area contributed by atoms with Gasteiger partial charge in [-0.15, -0.1) is 0 Å². The van der Waals surface area contributed by atoms with Crippen LogP contribution in [0.2, 0.25) is 0 Å². The molecule has 2 aliphatic rings. The average Bonchev–Trinajstić information content (AvgIpc) is 3.62. The van der Waals surface area contributed by atoms with Crippen molar-refractivity contribution in [2.45, 2.75) is 63.2 Å². The van der Waals surface area contributed by atoms with Crippen LogP contribution >= 0.6 is 0 Å². The van der Waals surface area contributed by atoms with Gasteiger partial charge in [0.1, 0.15) is 19.0 Å². The van der Waals surface area contributed by atoms with E-state index in [4.69, 9.17) is 38.2 Å². The van der Waals surface area contributed by atoms with Crippen LogP contribution in [-0.2, 0) is 50.2 Å². The third-order valence-corrected chi connectivity index (χ3v) is 9.06. The lowest BCUT2D eigenvalue weighted by Crippen LogP contribution is -2.48. The molecule has 8 heteroatoms. The number of hydrogen-bond acceptors (Lipinski definition) is 8. The standard InChI is InChI=1S/C42H42O8/c1-43-38-24-35(19-22-37(38)45-28-33-13-7-3-8-14-33)40-25-42(47-30-48-50-42)26-41(49-40)39(46-29-34-15-9-4-10-16-34)23-31-17-20-36(21-18-31)44-27-32-11-5-2-6-12-32/h2-22,24,39-41H,23,25-30H2,1H3/t39-,40+,41-,42?/m0/s1. The maximum atomic E-state index is 6.90. The maximum absolute atomic E-state index is 6.90. The predicted octanol–water partition coefficient (Wildman–Crippen LogP) is 8.53. The molecule has 0 aromatic heterocycles. The smallest absolute Gasteiger partial charge is 0.209 e. The zero-order valence-electron chi connectivity index (χ0n) is 28.1. The van der Waals surface area contributed by atoms with Crippen LogP contribution in [0.1, 0.15) is 46.8 Å².